The van der Waals surface area contributed by atoms with Crippen LogP contribution in [0.15, 0.2) is 41.2 Å². The van der Waals surface area contributed by atoms with Gasteiger partial charge in [-0.3, -0.25) is 9.59 Å². The van der Waals surface area contributed by atoms with E-state index in [0.29, 0.717) is 18.0 Å². The zero-order chi connectivity index (χ0) is 23.8. The van der Waals surface area contributed by atoms with Crippen molar-refractivity contribution in [2.45, 2.75) is 77.8 Å². The fraction of sp³-hybridized carbons (Fsp3) is 0.519. The summed E-state index contributed by atoms with van der Waals surface area (Å²) in [7, 11) is 1.29. The first-order chi connectivity index (χ1) is 16.0. The first-order valence-electron chi connectivity index (χ1n) is 12.2. The van der Waals surface area contributed by atoms with Crippen LogP contribution in [0.5, 0.6) is 0 Å². The molecule has 1 unspecified atom stereocenters. The van der Waals surface area contributed by atoms with Gasteiger partial charge in [0.2, 0.25) is 0 Å². The third-order valence-corrected chi connectivity index (χ3v) is 6.61. The number of rotatable bonds is 9. The van der Waals surface area contributed by atoms with Gasteiger partial charge in [0, 0.05) is 12.2 Å². The summed E-state index contributed by atoms with van der Waals surface area (Å²) in [6.45, 7) is 4.81. The van der Waals surface area contributed by atoms with Crippen molar-refractivity contribution in [2.24, 2.45) is 5.92 Å². The van der Waals surface area contributed by atoms with E-state index in [1.807, 2.05) is 17.6 Å². The van der Waals surface area contributed by atoms with Crippen molar-refractivity contribution in [1.82, 2.24) is 9.88 Å². The summed E-state index contributed by atoms with van der Waals surface area (Å²) in [6, 6.07) is 9.68. The number of nitrogens with one attached hydrogen (secondary N) is 1. The van der Waals surface area contributed by atoms with E-state index in [1.165, 1.54) is 26.4 Å². The maximum Gasteiger partial charge on any atom is 0.333 e. The van der Waals surface area contributed by atoms with Crippen LogP contribution in [-0.4, -0.2) is 23.6 Å². The molecular weight excluding hydrogens is 416 g/mol. The summed E-state index contributed by atoms with van der Waals surface area (Å²) in [5.41, 5.74) is 2.49. The fourth-order valence-electron chi connectivity index (χ4n) is 4.83. The van der Waals surface area contributed by atoms with Crippen LogP contribution in [-0.2, 0) is 28.9 Å². The highest BCUT2D eigenvalue weighted by Gasteiger charge is 2.27. The zero-order valence-corrected chi connectivity index (χ0v) is 20.1. The molecule has 0 radical (unpaired) electrons. The minimum absolute atomic E-state index is 0.0901. The SMILES string of the molecule is CCCc1c(CC)cc(C(=O)NC(C(=O)OC)c2ccccc2)c(=O)n1CC1CCCCC1. The predicted molar refractivity (Wildman–Crippen MR) is 129 cm³/mol. The Labute approximate surface area is 196 Å². The van der Waals surface area contributed by atoms with E-state index in [9.17, 15) is 14.4 Å². The lowest BCUT2D eigenvalue weighted by Gasteiger charge is -2.26. The Kier molecular flexibility index (Phi) is 8.87. The Morgan fingerprint density at radius 2 is 1.82 bits per heavy atom. The number of esters is 1. The van der Waals surface area contributed by atoms with Gasteiger partial charge in [0.15, 0.2) is 6.04 Å². The Morgan fingerprint density at radius 3 is 2.42 bits per heavy atom. The van der Waals surface area contributed by atoms with Gasteiger partial charge in [-0.1, -0.05) is 69.9 Å². The van der Waals surface area contributed by atoms with Crippen LogP contribution >= 0.6 is 0 Å². The highest BCUT2D eigenvalue weighted by molar-refractivity contribution is 5.97. The molecule has 1 aliphatic carbocycles. The van der Waals surface area contributed by atoms with E-state index in [2.05, 4.69) is 12.2 Å². The molecule has 1 aromatic heterocycles. The summed E-state index contributed by atoms with van der Waals surface area (Å²) < 4.78 is 6.77. The number of nitrogens with zero attached hydrogens (tertiary/aromatic N) is 1. The van der Waals surface area contributed by atoms with Crippen molar-refractivity contribution in [3.8, 4) is 0 Å². The molecule has 6 heteroatoms. The highest BCUT2D eigenvalue weighted by atomic mass is 16.5. The van der Waals surface area contributed by atoms with Crippen molar-refractivity contribution in [1.29, 1.82) is 0 Å². The number of aromatic nitrogens is 1. The van der Waals surface area contributed by atoms with Crippen molar-refractivity contribution < 1.29 is 14.3 Å². The third kappa shape index (κ3) is 5.92. The first-order valence-corrected chi connectivity index (χ1v) is 12.2. The predicted octanol–water partition coefficient (Wildman–Crippen LogP) is 4.59. The second kappa shape index (κ2) is 11.8. The van der Waals surface area contributed by atoms with Gasteiger partial charge in [0.05, 0.1) is 7.11 Å². The third-order valence-electron chi connectivity index (χ3n) is 6.61. The number of aryl methyl sites for hydroxylation is 1. The number of carbonyl (C=O) groups excluding carboxylic acids is 2. The number of methoxy groups -OCH3 is 1. The summed E-state index contributed by atoms with van der Waals surface area (Å²) in [4.78, 5) is 39.3. The Bertz CT molecular complexity index is 1010. The molecule has 0 saturated heterocycles. The largest absolute Gasteiger partial charge is 0.467 e. The average Bonchev–Trinajstić information content (AvgIpc) is 2.85. The highest BCUT2D eigenvalue weighted by Crippen LogP contribution is 2.26. The van der Waals surface area contributed by atoms with E-state index in [1.54, 1.807) is 30.3 Å². The van der Waals surface area contributed by atoms with Gasteiger partial charge in [-0.25, -0.2) is 4.79 Å². The van der Waals surface area contributed by atoms with Crippen LogP contribution in [0.4, 0.5) is 0 Å². The van der Waals surface area contributed by atoms with Gasteiger partial charge < -0.3 is 14.6 Å². The molecule has 0 aliphatic heterocycles. The van der Waals surface area contributed by atoms with E-state index in [0.717, 1.165) is 43.4 Å². The Balaban J connectivity index is 2.00. The van der Waals surface area contributed by atoms with Crippen LogP contribution in [0.2, 0.25) is 0 Å². The van der Waals surface area contributed by atoms with Gasteiger partial charge in [0.25, 0.3) is 11.5 Å². The van der Waals surface area contributed by atoms with Crippen molar-refractivity contribution >= 4 is 11.9 Å². The smallest absolute Gasteiger partial charge is 0.333 e. The Morgan fingerprint density at radius 1 is 1.12 bits per heavy atom. The van der Waals surface area contributed by atoms with Gasteiger partial charge in [-0.05, 0) is 48.8 Å². The molecule has 33 heavy (non-hydrogen) atoms. The normalized spacial score (nSPS) is 15.1. The minimum atomic E-state index is -0.977. The lowest BCUT2D eigenvalue weighted by molar-refractivity contribution is -0.143. The topological polar surface area (TPSA) is 77.4 Å². The average molecular weight is 453 g/mol. The molecule has 1 atom stereocenters. The molecule has 1 N–H and O–H groups in total. The molecule has 1 amide bonds. The van der Waals surface area contributed by atoms with Gasteiger partial charge in [-0.2, -0.15) is 0 Å². The lowest BCUT2D eigenvalue weighted by atomic mass is 9.89. The zero-order valence-electron chi connectivity index (χ0n) is 20.1. The van der Waals surface area contributed by atoms with Crippen molar-refractivity contribution in [3.63, 3.8) is 0 Å². The van der Waals surface area contributed by atoms with Crippen molar-refractivity contribution in [3.05, 3.63) is 69.1 Å². The number of hydrogen-bond acceptors (Lipinski definition) is 4. The second-order valence-electron chi connectivity index (χ2n) is 8.89. The minimum Gasteiger partial charge on any atom is -0.467 e. The van der Waals surface area contributed by atoms with Crippen molar-refractivity contribution in [2.75, 3.05) is 7.11 Å². The van der Waals surface area contributed by atoms with E-state index in [-0.39, 0.29) is 11.1 Å². The molecule has 0 spiro atoms. The maximum atomic E-state index is 13.6. The molecule has 0 bridgehead atoms. The standard InChI is InChI=1S/C27H36N2O4/c1-4-12-23-20(5-2)17-22(26(31)29(23)18-19-13-8-6-9-14-19)25(30)28-24(27(32)33-3)21-15-10-7-11-16-21/h7,10-11,15-17,19,24H,4-6,8-9,12-14,18H2,1-3H3,(H,28,30). The van der Waals surface area contributed by atoms with Gasteiger partial charge in [0.1, 0.15) is 5.56 Å². The first kappa shape index (κ1) is 24.7. The number of benzene rings is 1. The van der Waals surface area contributed by atoms with Gasteiger partial charge in [-0.15, -0.1) is 0 Å². The molecule has 1 fully saturated rings. The van der Waals surface area contributed by atoms with Gasteiger partial charge >= 0.3 is 5.97 Å². The monoisotopic (exact) mass is 452 g/mol. The second-order valence-corrected chi connectivity index (χ2v) is 8.89. The fourth-order valence-corrected chi connectivity index (χ4v) is 4.83. The molecule has 1 saturated carbocycles. The molecular formula is C27H36N2O4. The molecule has 6 nitrogen and oxygen atoms in total. The Hall–Kier alpha value is -2.89. The number of ether oxygens (including phenoxy) is 1. The molecule has 3 rings (SSSR count). The van der Waals surface area contributed by atoms with E-state index < -0.39 is 17.9 Å². The van der Waals surface area contributed by atoms with Crippen LogP contribution in [0.25, 0.3) is 0 Å². The van der Waals surface area contributed by atoms with Crippen LogP contribution in [0.3, 0.4) is 0 Å². The quantitative estimate of drug-likeness (QED) is 0.565. The molecule has 1 aromatic carbocycles. The summed E-state index contributed by atoms with van der Waals surface area (Å²) in [5, 5.41) is 2.75. The lowest BCUT2D eigenvalue weighted by Crippen LogP contribution is -2.40. The summed E-state index contributed by atoms with van der Waals surface area (Å²) in [5.74, 6) is -0.660. The molecule has 178 valence electrons. The maximum absolute atomic E-state index is 13.6. The molecule has 2 aromatic rings. The molecule has 1 aliphatic rings. The van der Waals surface area contributed by atoms with Crippen LogP contribution in [0, 0.1) is 5.92 Å². The van der Waals surface area contributed by atoms with E-state index >= 15 is 0 Å². The van der Waals surface area contributed by atoms with Crippen LogP contribution in [0.1, 0.15) is 85.6 Å². The number of pyridine rings is 1. The molecule has 1 heterocycles. The van der Waals surface area contributed by atoms with Crippen LogP contribution < -0.4 is 10.9 Å². The number of carbonyl (C=O) groups is 2. The van der Waals surface area contributed by atoms with E-state index in [4.69, 9.17) is 4.74 Å². The summed E-state index contributed by atoms with van der Waals surface area (Å²) >= 11 is 0. The number of amides is 1. The summed E-state index contributed by atoms with van der Waals surface area (Å²) in [6.07, 6.45) is 8.36. The number of hydrogen-bond donors (Lipinski definition) is 1.